The molecule has 4 N–H and O–H groups in total. The van der Waals surface area contributed by atoms with Crippen LogP contribution < -0.4 is 15.8 Å². The van der Waals surface area contributed by atoms with Crippen LogP contribution in [0.4, 0.5) is 15.9 Å². The van der Waals surface area contributed by atoms with Gasteiger partial charge in [-0.1, -0.05) is 26.1 Å². The third kappa shape index (κ3) is 2.61. The summed E-state index contributed by atoms with van der Waals surface area (Å²) in [6.07, 6.45) is 0. The van der Waals surface area contributed by atoms with Crippen LogP contribution in [0.5, 0.6) is 11.5 Å². The van der Waals surface area contributed by atoms with E-state index in [0.29, 0.717) is 10.8 Å². The minimum absolute atomic E-state index is 0.0426. The average Bonchev–Trinajstić information content (AvgIpc) is 2.43. The maximum atomic E-state index is 14.5. The van der Waals surface area contributed by atoms with Crippen molar-refractivity contribution in [2.24, 2.45) is 0 Å². The average molecular weight is 324 g/mol. The van der Waals surface area contributed by atoms with Crippen molar-refractivity contribution in [3.8, 4) is 11.5 Å². The van der Waals surface area contributed by atoms with Gasteiger partial charge in [0, 0.05) is 5.92 Å². The maximum absolute atomic E-state index is 14.5. The number of ether oxygens (including phenoxy) is 1. The molecule has 0 aliphatic rings. The zero-order valence-electron chi connectivity index (χ0n) is 12.7. The topological polar surface area (TPSA) is 93.3 Å². The van der Waals surface area contributed by atoms with Gasteiger partial charge in [0.25, 0.3) is 0 Å². The van der Waals surface area contributed by atoms with Crippen LogP contribution in [-0.2, 0) is 0 Å². The smallest absolute Gasteiger partial charge is 0.198 e. The molecule has 118 valence electrons. The number of rotatable bonds is 3. The quantitative estimate of drug-likeness (QED) is 0.747. The van der Waals surface area contributed by atoms with Crippen molar-refractivity contribution < 1.29 is 14.2 Å². The van der Waals surface area contributed by atoms with Crippen molar-refractivity contribution >= 4 is 39.6 Å². The maximum Gasteiger partial charge on any atom is 0.198 e. The SMILES string of the molecule is COc1c(O)c(F)c2nc(C(C)C)nc(N)c2c1NC(C)=S. The van der Waals surface area contributed by atoms with Crippen molar-refractivity contribution in [1.82, 2.24) is 9.97 Å². The first-order valence-corrected chi connectivity index (χ1v) is 7.01. The standard InChI is InChI=1S/C14H17FN4O2S/c1-5(2)14-18-9-7(13(16)19-14)10(17-6(3)22)12(21-4)11(20)8(9)15/h5,20H,1-4H3,(H,17,22)(H2,16,18,19). The van der Waals surface area contributed by atoms with Crippen LogP contribution in [0.3, 0.4) is 0 Å². The third-order valence-corrected chi connectivity index (χ3v) is 3.19. The van der Waals surface area contributed by atoms with Crippen LogP contribution in [0, 0.1) is 5.82 Å². The Kier molecular flexibility index (Phi) is 4.32. The third-order valence-electron chi connectivity index (χ3n) is 3.08. The molecule has 0 spiro atoms. The number of nitrogens with zero attached hydrogens (tertiary/aromatic N) is 2. The number of methoxy groups -OCH3 is 1. The van der Waals surface area contributed by atoms with Crippen molar-refractivity contribution in [2.75, 3.05) is 18.2 Å². The Labute approximate surface area is 132 Å². The number of nitrogen functional groups attached to an aromatic ring is 1. The predicted molar refractivity (Wildman–Crippen MR) is 88.1 cm³/mol. The number of hydrogen-bond donors (Lipinski definition) is 3. The summed E-state index contributed by atoms with van der Waals surface area (Å²) in [5.74, 6) is -1.22. The van der Waals surface area contributed by atoms with E-state index in [1.807, 2.05) is 13.8 Å². The van der Waals surface area contributed by atoms with Crippen LogP contribution >= 0.6 is 12.2 Å². The van der Waals surface area contributed by atoms with E-state index in [1.165, 1.54) is 7.11 Å². The van der Waals surface area contributed by atoms with E-state index < -0.39 is 11.6 Å². The molecular weight excluding hydrogens is 307 g/mol. The van der Waals surface area contributed by atoms with Gasteiger partial charge in [-0.15, -0.1) is 0 Å². The Morgan fingerprint density at radius 3 is 2.55 bits per heavy atom. The molecule has 2 rings (SSSR count). The summed E-state index contributed by atoms with van der Waals surface area (Å²) in [5.41, 5.74) is 6.15. The monoisotopic (exact) mass is 324 g/mol. The molecule has 0 saturated carbocycles. The Morgan fingerprint density at radius 2 is 2.05 bits per heavy atom. The highest BCUT2D eigenvalue weighted by atomic mass is 32.1. The number of aromatic hydroxyl groups is 1. The molecule has 0 atom stereocenters. The van der Waals surface area contributed by atoms with Gasteiger partial charge in [0.05, 0.1) is 23.2 Å². The summed E-state index contributed by atoms with van der Waals surface area (Å²) in [5, 5.41) is 13.1. The van der Waals surface area contributed by atoms with Gasteiger partial charge in [-0.05, 0) is 6.92 Å². The summed E-state index contributed by atoms with van der Waals surface area (Å²) >= 11 is 5.01. The number of halogens is 1. The van der Waals surface area contributed by atoms with Crippen molar-refractivity contribution in [1.29, 1.82) is 0 Å². The predicted octanol–water partition coefficient (Wildman–Crippen LogP) is 2.95. The number of benzene rings is 1. The normalized spacial score (nSPS) is 11.0. The van der Waals surface area contributed by atoms with Gasteiger partial charge in [-0.2, -0.15) is 0 Å². The van der Waals surface area contributed by atoms with Crippen LogP contribution in [0.15, 0.2) is 0 Å². The van der Waals surface area contributed by atoms with Crippen LogP contribution in [0.25, 0.3) is 10.9 Å². The molecule has 0 amide bonds. The highest BCUT2D eigenvalue weighted by Gasteiger charge is 2.24. The van der Waals surface area contributed by atoms with Gasteiger partial charge in [0.1, 0.15) is 17.2 Å². The Hall–Kier alpha value is -2.22. The number of anilines is 2. The fourth-order valence-electron chi connectivity index (χ4n) is 2.10. The van der Waals surface area contributed by atoms with Gasteiger partial charge < -0.3 is 20.9 Å². The molecule has 1 aromatic heterocycles. The molecule has 0 bridgehead atoms. The highest BCUT2D eigenvalue weighted by molar-refractivity contribution is 7.80. The van der Waals surface area contributed by atoms with Crippen molar-refractivity contribution in [3.05, 3.63) is 11.6 Å². The van der Waals surface area contributed by atoms with E-state index in [9.17, 15) is 9.50 Å². The molecule has 2 aromatic rings. The Morgan fingerprint density at radius 1 is 1.41 bits per heavy atom. The molecule has 0 saturated heterocycles. The number of nitrogens with one attached hydrogen (secondary N) is 1. The molecule has 0 unspecified atom stereocenters. The Bertz CT molecular complexity index is 765. The second-order valence-corrected chi connectivity index (χ2v) is 5.71. The lowest BCUT2D eigenvalue weighted by molar-refractivity contribution is 0.360. The van der Waals surface area contributed by atoms with Gasteiger partial charge in [-0.3, -0.25) is 0 Å². The van der Waals surface area contributed by atoms with Crippen LogP contribution in [0.2, 0.25) is 0 Å². The second kappa shape index (κ2) is 5.88. The lowest BCUT2D eigenvalue weighted by Gasteiger charge is -2.17. The van der Waals surface area contributed by atoms with Gasteiger partial charge in [-0.25, -0.2) is 14.4 Å². The number of aromatic nitrogens is 2. The molecule has 1 aromatic carbocycles. The fraction of sp³-hybridized carbons (Fsp3) is 0.357. The molecule has 0 radical (unpaired) electrons. The molecule has 8 heteroatoms. The van der Waals surface area contributed by atoms with Crippen molar-refractivity contribution in [2.45, 2.75) is 26.7 Å². The first-order valence-electron chi connectivity index (χ1n) is 6.61. The van der Waals surface area contributed by atoms with E-state index in [0.717, 1.165) is 0 Å². The number of nitrogens with two attached hydrogens (primary N) is 1. The molecule has 0 fully saturated rings. The number of hydrogen-bond acceptors (Lipinski definition) is 6. The minimum Gasteiger partial charge on any atom is -0.502 e. The number of fused-ring (bicyclic) bond motifs is 1. The summed E-state index contributed by atoms with van der Waals surface area (Å²) in [6, 6.07) is 0. The minimum atomic E-state index is -0.907. The van der Waals surface area contributed by atoms with Crippen LogP contribution in [-0.4, -0.2) is 27.2 Å². The van der Waals surface area contributed by atoms with Gasteiger partial charge >= 0.3 is 0 Å². The fourth-order valence-corrected chi connectivity index (χ4v) is 2.20. The van der Waals surface area contributed by atoms with Gasteiger partial charge in [0.2, 0.25) is 0 Å². The summed E-state index contributed by atoms with van der Waals surface area (Å²) in [7, 11) is 1.31. The molecule has 1 heterocycles. The summed E-state index contributed by atoms with van der Waals surface area (Å²) < 4.78 is 19.5. The van der Waals surface area contributed by atoms with Crippen LogP contribution in [0.1, 0.15) is 32.5 Å². The zero-order valence-corrected chi connectivity index (χ0v) is 13.5. The molecule has 0 aliphatic heterocycles. The molecule has 0 aliphatic carbocycles. The molecule has 6 nitrogen and oxygen atoms in total. The lowest BCUT2D eigenvalue weighted by Crippen LogP contribution is -2.10. The molecular formula is C14H17FN4O2S. The number of phenols is 1. The lowest BCUT2D eigenvalue weighted by atomic mass is 10.1. The zero-order chi connectivity index (χ0) is 16.6. The van der Waals surface area contributed by atoms with Crippen molar-refractivity contribution in [3.63, 3.8) is 0 Å². The summed E-state index contributed by atoms with van der Waals surface area (Å²) in [4.78, 5) is 8.77. The van der Waals surface area contributed by atoms with E-state index in [4.69, 9.17) is 22.7 Å². The van der Waals surface area contributed by atoms with Gasteiger partial charge in [0.15, 0.2) is 17.3 Å². The first kappa shape index (κ1) is 16.2. The van der Waals surface area contributed by atoms with E-state index in [1.54, 1.807) is 6.92 Å². The summed E-state index contributed by atoms with van der Waals surface area (Å²) in [6.45, 7) is 5.37. The van der Waals surface area contributed by atoms with E-state index >= 15 is 0 Å². The highest BCUT2D eigenvalue weighted by Crippen LogP contribution is 2.44. The van der Waals surface area contributed by atoms with E-state index in [-0.39, 0.29) is 34.1 Å². The number of phenolic OH excluding ortho intramolecular Hbond substituents is 1. The largest absolute Gasteiger partial charge is 0.502 e. The number of thiocarbonyl (C=S) groups is 1. The Balaban J connectivity index is 2.95. The second-order valence-electron chi connectivity index (χ2n) is 5.10. The first-order chi connectivity index (χ1) is 10.3. The molecule has 22 heavy (non-hydrogen) atoms. The van der Waals surface area contributed by atoms with E-state index in [2.05, 4.69) is 15.3 Å².